The second kappa shape index (κ2) is 7.62. The molecule has 1 unspecified atom stereocenters. The van der Waals surface area contributed by atoms with Gasteiger partial charge in [0.1, 0.15) is 5.60 Å². The largest absolute Gasteiger partial charge is 0.444 e. The molecule has 6 heteroatoms. The maximum atomic E-state index is 11.9. The van der Waals surface area contributed by atoms with E-state index in [1.54, 1.807) is 11.3 Å². The molecule has 1 aromatic heterocycles. The van der Waals surface area contributed by atoms with E-state index in [-0.39, 0.29) is 12.5 Å². The number of alkyl carbamates (subject to hydrolysis) is 1. The van der Waals surface area contributed by atoms with Gasteiger partial charge in [-0.1, -0.05) is 13.8 Å². The van der Waals surface area contributed by atoms with Gasteiger partial charge in [0.15, 0.2) is 0 Å². The summed E-state index contributed by atoms with van der Waals surface area (Å²) >= 11 is 1.65. The Bertz CT molecular complexity index is 515. The van der Waals surface area contributed by atoms with Gasteiger partial charge >= 0.3 is 6.09 Å². The van der Waals surface area contributed by atoms with Gasteiger partial charge in [0.05, 0.1) is 17.3 Å². The van der Waals surface area contributed by atoms with Gasteiger partial charge in [-0.2, -0.15) is 0 Å². The normalized spacial score (nSPS) is 14.7. The average molecular weight is 343 g/mol. The summed E-state index contributed by atoms with van der Waals surface area (Å²) in [6.45, 7) is 14.0. The van der Waals surface area contributed by atoms with Crippen LogP contribution in [0, 0.1) is 25.2 Å². The van der Waals surface area contributed by atoms with Gasteiger partial charge in [0, 0.05) is 23.3 Å². The molecule has 0 spiro atoms. The molecule has 1 heterocycles. The number of amides is 1. The molecular formula is C17H30N2O3S. The van der Waals surface area contributed by atoms with Crippen molar-refractivity contribution in [3.05, 3.63) is 15.6 Å². The lowest BCUT2D eigenvalue weighted by Crippen LogP contribution is -2.46. The molecule has 0 radical (unpaired) electrons. The molecule has 1 amide bonds. The molecule has 0 saturated carbocycles. The van der Waals surface area contributed by atoms with Gasteiger partial charge in [-0.3, -0.25) is 0 Å². The standard InChI is InChI=1S/C17H30N2O3S/c1-11(2)17(10-20,8-14-19-12(3)13(4)23-14)9-18-15(21)22-16(5,6)7/h11,20H,8-10H2,1-7H3,(H,18,21). The quantitative estimate of drug-likeness (QED) is 0.830. The maximum Gasteiger partial charge on any atom is 0.407 e. The third-order valence-electron chi connectivity index (χ3n) is 4.10. The van der Waals surface area contributed by atoms with Gasteiger partial charge in [0.2, 0.25) is 0 Å². The first kappa shape index (κ1) is 19.9. The summed E-state index contributed by atoms with van der Waals surface area (Å²) in [6.07, 6.45) is 0.179. The minimum absolute atomic E-state index is 0.0157. The molecule has 1 aromatic rings. The molecule has 1 rings (SSSR count). The highest BCUT2D eigenvalue weighted by Gasteiger charge is 2.35. The Morgan fingerprint density at radius 1 is 1.35 bits per heavy atom. The molecule has 132 valence electrons. The smallest absolute Gasteiger partial charge is 0.407 e. The van der Waals surface area contributed by atoms with Crippen LogP contribution < -0.4 is 5.32 Å². The Morgan fingerprint density at radius 3 is 2.35 bits per heavy atom. The zero-order valence-electron chi connectivity index (χ0n) is 15.3. The summed E-state index contributed by atoms with van der Waals surface area (Å²) in [5, 5.41) is 13.8. The molecule has 0 aliphatic heterocycles. The lowest BCUT2D eigenvalue weighted by atomic mass is 9.75. The fourth-order valence-electron chi connectivity index (χ4n) is 2.24. The molecule has 0 aliphatic rings. The number of hydrogen-bond acceptors (Lipinski definition) is 5. The highest BCUT2D eigenvalue weighted by molar-refractivity contribution is 7.11. The van der Waals surface area contributed by atoms with E-state index in [0.717, 1.165) is 10.7 Å². The summed E-state index contributed by atoms with van der Waals surface area (Å²) < 4.78 is 5.29. The van der Waals surface area contributed by atoms with Crippen LogP contribution in [0.5, 0.6) is 0 Å². The van der Waals surface area contributed by atoms with Crippen molar-refractivity contribution in [2.45, 2.75) is 60.5 Å². The van der Waals surface area contributed by atoms with Crippen LogP contribution in [-0.2, 0) is 11.2 Å². The first-order valence-corrected chi connectivity index (χ1v) is 8.81. The first-order valence-electron chi connectivity index (χ1n) is 8.00. The van der Waals surface area contributed by atoms with Crippen LogP contribution in [0.15, 0.2) is 0 Å². The molecule has 0 saturated heterocycles. The van der Waals surface area contributed by atoms with E-state index in [0.29, 0.717) is 13.0 Å². The third kappa shape index (κ3) is 5.77. The zero-order valence-corrected chi connectivity index (χ0v) is 16.1. The van der Waals surface area contributed by atoms with Crippen LogP contribution in [0.25, 0.3) is 0 Å². The average Bonchev–Trinajstić information content (AvgIpc) is 2.71. The minimum Gasteiger partial charge on any atom is -0.444 e. The first-order chi connectivity index (χ1) is 10.5. The van der Waals surface area contributed by atoms with Crippen LogP contribution in [0.4, 0.5) is 4.79 Å². The number of aromatic nitrogens is 1. The molecule has 1 atom stereocenters. The van der Waals surface area contributed by atoms with Crippen LogP contribution in [0.3, 0.4) is 0 Å². The molecule has 0 aliphatic carbocycles. The molecule has 0 fully saturated rings. The number of carbonyl (C=O) groups is 1. The van der Waals surface area contributed by atoms with Crippen molar-refractivity contribution in [2.24, 2.45) is 11.3 Å². The number of aryl methyl sites for hydroxylation is 2. The summed E-state index contributed by atoms with van der Waals surface area (Å²) in [6, 6.07) is 0. The second-order valence-corrected chi connectivity index (χ2v) is 8.74. The number of thiazole rings is 1. The molecule has 23 heavy (non-hydrogen) atoms. The van der Waals surface area contributed by atoms with Gasteiger partial charge in [0.25, 0.3) is 0 Å². The van der Waals surface area contributed by atoms with Gasteiger partial charge < -0.3 is 15.2 Å². The number of carbonyl (C=O) groups excluding carboxylic acids is 1. The maximum absolute atomic E-state index is 11.9. The molecule has 2 N–H and O–H groups in total. The summed E-state index contributed by atoms with van der Waals surface area (Å²) in [5.41, 5.74) is 0.0433. The third-order valence-corrected chi connectivity index (χ3v) is 5.17. The summed E-state index contributed by atoms with van der Waals surface area (Å²) in [5.74, 6) is 0.187. The number of aliphatic hydroxyl groups excluding tert-OH is 1. The lowest BCUT2D eigenvalue weighted by molar-refractivity contribution is 0.0394. The second-order valence-electron chi connectivity index (χ2n) is 7.46. The Kier molecular flexibility index (Phi) is 6.59. The number of ether oxygens (including phenoxy) is 1. The van der Waals surface area contributed by atoms with E-state index < -0.39 is 17.1 Å². The topological polar surface area (TPSA) is 71.5 Å². The Morgan fingerprint density at radius 2 is 1.96 bits per heavy atom. The van der Waals surface area contributed by atoms with E-state index in [9.17, 15) is 9.90 Å². The van der Waals surface area contributed by atoms with Crippen molar-refractivity contribution in [3.63, 3.8) is 0 Å². The van der Waals surface area contributed by atoms with Crippen molar-refractivity contribution < 1.29 is 14.6 Å². The van der Waals surface area contributed by atoms with Crippen molar-refractivity contribution in [2.75, 3.05) is 13.2 Å². The van der Waals surface area contributed by atoms with Crippen molar-refractivity contribution in [1.82, 2.24) is 10.3 Å². The van der Waals surface area contributed by atoms with Gasteiger partial charge in [-0.15, -0.1) is 11.3 Å². The molecular weight excluding hydrogens is 312 g/mol. The summed E-state index contributed by atoms with van der Waals surface area (Å²) in [7, 11) is 0. The number of hydrogen-bond donors (Lipinski definition) is 2. The number of rotatable bonds is 6. The minimum atomic E-state index is -0.534. The molecule has 0 aromatic carbocycles. The van der Waals surface area contributed by atoms with E-state index in [1.807, 2.05) is 34.6 Å². The van der Waals surface area contributed by atoms with Crippen LogP contribution in [0.2, 0.25) is 0 Å². The van der Waals surface area contributed by atoms with Crippen LogP contribution in [0.1, 0.15) is 50.2 Å². The van der Waals surface area contributed by atoms with E-state index in [1.165, 1.54) is 4.88 Å². The van der Waals surface area contributed by atoms with E-state index >= 15 is 0 Å². The van der Waals surface area contributed by atoms with Crippen LogP contribution in [-0.4, -0.2) is 34.9 Å². The lowest BCUT2D eigenvalue weighted by Gasteiger charge is -2.35. The predicted octanol–water partition coefficient (Wildman–Crippen LogP) is 3.46. The number of nitrogens with one attached hydrogen (secondary N) is 1. The fraction of sp³-hybridized carbons (Fsp3) is 0.765. The van der Waals surface area contributed by atoms with Crippen molar-refractivity contribution in [1.29, 1.82) is 0 Å². The highest BCUT2D eigenvalue weighted by Crippen LogP contribution is 2.33. The predicted molar refractivity (Wildman–Crippen MR) is 93.9 cm³/mol. The Labute approximate surface area is 143 Å². The molecule has 0 bridgehead atoms. The zero-order chi connectivity index (χ0) is 17.8. The summed E-state index contributed by atoms with van der Waals surface area (Å²) in [4.78, 5) is 17.7. The number of aliphatic hydroxyl groups is 1. The van der Waals surface area contributed by atoms with E-state index in [4.69, 9.17) is 4.74 Å². The number of nitrogens with zero attached hydrogens (tertiary/aromatic N) is 1. The van der Waals surface area contributed by atoms with E-state index in [2.05, 4.69) is 24.1 Å². The van der Waals surface area contributed by atoms with Crippen molar-refractivity contribution >= 4 is 17.4 Å². The SMILES string of the molecule is Cc1nc(CC(CO)(CNC(=O)OC(C)(C)C)C(C)C)sc1C. The Balaban J connectivity index is 2.84. The molecule has 5 nitrogen and oxygen atoms in total. The Hall–Kier alpha value is -1.14. The fourth-order valence-corrected chi connectivity index (χ4v) is 3.33. The van der Waals surface area contributed by atoms with Crippen molar-refractivity contribution in [3.8, 4) is 0 Å². The van der Waals surface area contributed by atoms with Crippen LogP contribution >= 0.6 is 11.3 Å². The monoisotopic (exact) mass is 342 g/mol. The van der Waals surface area contributed by atoms with Gasteiger partial charge in [-0.25, -0.2) is 9.78 Å². The van der Waals surface area contributed by atoms with Gasteiger partial charge in [-0.05, 0) is 40.5 Å². The highest BCUT2D eigenvalue weighted by atomic mass is 32.1.